The Balaban J connectivity index is 1.72. The molecule has 0 radical (unpaired) electrons. The number of carbonyl (C=O) groups is 1. The Morgan fingerprint density at radius 1 is 1.15 bits per heavy atom. The predicted molar refractivity (Wildman–Crippen MR) is 106 cm³/mol. The van der Waals surface area contributed by atoms with Gasteiger partial charge in [-0.2, -0.15) is 5.10 Å². The van der Waals surface area contributed by atoms with Gasteiger partial charge in [0.2, 0.25) is 5.91 Å². The first-order valence-corrected chi connectivity index (χ1v) is 9.23. The van der Waals surface area contributed by atoms with Gasteiger partial charge in [0, 0.05) is 17.9 Å². The molecule has 0 aliphatic carbocycles. The summed E-state index contributed by atoms with van der Waals surface area (Å²) in [5.74, 6) is 1.59. The summed E-state index contributed by atoms with van der Waals surface area (Å²) in [6.45, 7) is 6.05. The predicted octanol–water partition coefficient (Wildman–Crippen LogP) is 4.44. The Kier molecular flexibility index (Phi) is 4.44. The second-order valence-electron chi connectivity index (χ2n) is 7.19. The lowest BCUT2D eigenvalue weighted by atomic mass is 9.87. The number of carbonyl (C=O) groups excluding carboxylic acids is 1. The zero-order valence-electron chi connectivity index (χ0n) is 15.8. The lowest BCUT2D eigenvalue weighted by Crippen LogP contribution is -2.24. The summed E-state index contributed by atoms with van der Waals surface area (Å²) in [7, 11) is 0. The lowest BCUT2D eigenvalue weighted by Gasteiger charge is -2.24. The molecule has 4 rings (SSSR count). The van der Waals surface area contributed by atoms with E-state index in [1.54, 1.807) is 0 Å². The number of hydrogen-bond acceptors (Lipinski definition) is 3. The summed E-state index contributed by atoms with van der Waals surface area (Å²) in [6, 6.07) is 16.0. The third-order valence-electron chi connectivity index (χ3n) is 4.82. The molecule has 5 heteroatoms. The molecule has 2 aromatic carbocycles. The first-order chi connectivity index (χ1) is 13.0. The standard InChI is InChI=1S/C22H23N3O2/c1-14(2)27-17-10-8-16(9-11-17)18-12-21(26)24-22-19(18)13-23-25(22)20-7-5-4-6-15(20)3/h4-11,13-14,18H,12H2,1-3H3,(H,24,26). The van der Waals surface area contributed by atoms with E-state index in [4.69, 9.17) is 4.74 Å². The number of anilines is 1. The van der Waals surface area contributed by atoms with Gasteiger partial charge >= 0.3 is 0 Å². The van der Waals surface area contributed by atoms with Crippen LogP contribution in [0.3, 0.4) is 0 Å². The van der Waals surface area contributed by atoms with Gasteiger partial charge in [0.1, 0.15) is 11.6 Å². The Morgan fingerprint density at radius 2 is 1.89 bits per heavy atom. The second kappa shape index (κ2) is 6.91. The number of fused-ring (bicyclic) bond motifs is 1. The molecule has 1 aliphatic rings. The summed E-state index contributed by atoms with van der Waals surface area (Å²) < 4.78 is 7.55. The third kappa shape index (κ3) is 3.33. The van der Waals surface area contributed by atoms with E-state index in [9.17, 15) is 4.79 Å². The number of nitrogens with one attached hydrogen (secondary N) is 1. The summed E-state index contributed by atoms with van der Waals surface area (Å²) >= 11 is 0. The molecule has 5 nitrogen and oxygen atoms in total. The molecule has 1 amide bonds. The topological polar surface area (TPSA) is 56.2 Å². The van der Waals surface area contributed by atoms with Gasteiger partial charge in [-0.15, -0.1) is 0 Å². The van der Waals surface area contributed by atoms with Crippen molar-refractivity contribution in [2.45, 2.75) is 39.2 Å². The third-order valence-corrected chi connectivity index (χ3v) is 4.82. The van der Waals surface area contributed by atoms with Gasteiger partial charge in [-0.1, -0.05) is 30.3 Å². The maximum absolute atomic E-state index is 12.4. The fourth-order valence-corrected chi connectivity index (χ4v) is 3.55. The average molecular weight is 361 g/mol. The van der Waals surface area contributed by atoms with Crippen molar-refractivity contribution in [3.8, 4) is 11.4 Å². The number of rotatable bonds is 4. The highest BCUT2D eigenvalue weighted by molar-refractivity contribution is 5.94. The molecule has 2 heterocycles. The minimum atomic E-state index is -0.0142. The van der Waals surface area contributed by atoms with Crippen LogP contribution in [0.1, 0.15) is 42.9 Å². The SMILES string of the molecule is Cc1ccccc1-n1ncc2c1NC(=O)CC2c1ccc(OC(C)C)cc1. The zero-order valence-corrected chi connectivity index (χ0v) is 15.8. The van der Waals surface area contributed by atoms with Crippen molar-refractivity contribution in [2.75, 3.05) is 5.32 Å². The van der Waals surface area contributed by atoms with Gasteiger partial charge in [0.25, 0.3) is 0 Å². The number of ether oxygens (including phenoxy) is 1. The van der Waals surface area contributed by atoms with E-state index in [-0.39, 0.29) is 17.9 Å². The molecular weight excluding hydrogens is 338 g/mol. The van der Waals surface area contributed by atoms with Crippen molar-refractivity contribution >= 4 is 11.7 Å². The molecule has 1 unspecified atom stereocenters. The number of benzene rings is 2. The van der Waals surface area contributed by atoms with Crippen molar-refractivity contribution in [1.82, 2.24) is 9.78 Å². The highest BCUT2D eigenvalue weighted by atomic mass is 16.5. The van der Waals surface area contributed by atoms with Crippen LogP contribution in [0.25, 0.3) is 5.69 Å². The minimum Gasteiger partial charge on any atom is -0.491 e. The molecule has 0 bridgehead atoms. The molecule has 0 fully saturated rings. The summed E-state index contributed by atoms with van der Waals surface area (Å²) in [5.41, 5.74) is 4.21. The minimum absolute atomic E-state index is 0.00495. The molecule has 1 atom stereocenters. The van der Waals surface area contributed by atoms with Crippen molar-refractivity contribution in [2.24, 2.45) is 0 Å². The Bertz CT molecular complexity index is 973. The Labute approximate surface area is 159 Å². The summed E-state index contributed by atoms with van der Waals surface area (Å²) in [4.78, 5) is 12.4. The maximum atomic E-state index is 12.4. The van der Waals surface area contributed by atoms with E-state index >= 15 is 0 Å². The highest BCUT2D eigenvalue weighted by Gasteiger charge is 2.30. The van der Waals surface area contributed by atoms with Crippen molar-refractivity contribution < 1.29 is 9.53 Å². The second-order valence-corrected chi connectivity index (χ2v) is 7.19. The van der Waals surface area contributed by atoms with Crippen LogP contribution >= 0.6 is 0 Å². The van der Waals surface area contributed by atoms with E-state index in [0.29, 0.717) is 6.42 Å². The Morgan fingerprint density at radius 3 is 2.59 bits per heavy atom. The zero-order chi connectivity index (χ0) is 19.0. The van der Waals surface area contributed by atoms with Crippen LogP contribution in [0.2, 0.25) is 0 Å². The first kappa shape index (κ1) is 17.3. The number of amides is 1. The van der Waals surface area contributed by atoms with Gasteiger partial charge in [-0.25, -0.2) is 4.68 Å². The maximum Gasteiger partial charge on any atom is 0.226 e. The van der Waals surface area contributed by atoms with Gasteiger partial charge in [0.15, 0.2) is 0 Å². The monoisotopic (exact) mass is 361 g/mol. The fraction of sp³-hybridized carbons (Fsp3) is 0.273. The van der Waals surface area contributed by atoms with Crippen LogP contribution in [-0.4, -0.2) is 21.8 Å². The number of para-hydroxylation sites is 1. The smallest absolute Gasteiger partial charge is 0.226 e. The summed E-state index contributed by atoms with van der Waals surface area (Å²) in [5, 5.41) is 7.58. The molecule has 0 saturated heterocycles. The molecular formula is C22H23N3O2. The van der Waals surface area contributed by atoms with Crippen LogP contribution in [0.15, 0.2) is 54.7 Å². The molecule has 0 saturated carbocycles. The van der Waals surface area contributed by atoms with E-state index in [1.807, 2.05) is 80.2 Å². The average Bonchev–Trinajstić information content (AvgIpc) is 3.05. The van der Waals surface area contributed by atoms with Gasteiger partial charge in [0.05, 0.1) is 18.0 Å². The van der Waals surface area contributed by atoms with Crippen LogP contribution in [0.4, 0.5) is 5.82 Å². The van der Waals surface area contributed by atoms with Crippen molar-refractivity contribution in [1.29, 1.82) is 0 Å². The fourth-order valence-electron chi connectivity index (χ4n) is 3.55. The lowest BCUT2D eigenvalue weighted by molar-refractivity contribution is -0.116. The van der Waals surface area contributed by atoms with Crippen LogP contribution in [0, 0.1) is 6.92 Å². The Hall–Kier alpha value is -3.08. The number of aryl methyl sites for hydroxylation is 1. The van der Waals surface area contributed by atoms with Gasteiger partial charge in [-0.3, -0.25) is 4.79 Å². The van der Waals surface area contributed by atoms with Gasteiger partial charge in [-0.05, 0) is 50.1 Å². The first-order valence-electron chi connectivity index (χ1n) is 9.23. The molecule has 0 spiro atoms. The van der Waals surface area contributed by atoms with Crippen LogP contribution in [-0.2, 0) is 4.79 Å². The van der Waals surface area contributed by atoms with E-state index < -0.39 is 0 Å². The van der Waals surface area contributed by atoms with E-state index in [0.717, 1.165) is 33.9 Å². The molecule has 3 aromatic rings. The van der Waals surface area contributed by atoms with E-state index in [2.05, 4.69) is 10.4 Å². The van der Waals surface area contributed by atoms with Crippen molar-refractivity contribution in [3.05, 3.63) is 71.4 Å². The molecule has 138 valence electrons. The number of nitrogens with zero attached hydrogens (tertiary/aromatic N) is 2. The molecule has 1 N–H and O–H groups in total. The normalized spacial score (nSPS) is 16.1. The van der Waals surface area contributed by atoms with Crippen LogP contribution < -0.4 is 10.1 Å². The van der Waals surface area contributed by atoms with Crippen molar-refractivity contribution in [3.63, 3.8) is 0 Å². The van der Waals surface area contributed by atoms with Crippen LogP contribution in [0.5, 0.6) is 5.75 Å². The largest absolute Gasteiger partial charge is 0.491 e. The van der Waals surface area contributed by atoms with E-state index in [1.165, 1.54) is 0 Å². The molecule has 1 aliphatic heterocycles. The molecule has 1 aromatic heterocycles. The highest BCUT2D eigenvalue weighted by Crippen LogP contribution is 2.38. The quantitative estimate of drug-likeness (QED) is 0.747. The van der Waals surface area contributed by atoms with Gasteiger partial charge < -0.3 is 10.1 Å². The number of hydrogen-bond donors (Lipinski definition) is 1. The summed E-state index contributed by atoms with van der Waals surface area (Å²) in [6.07, 6.45) is 2.41. The molecule has 27 heavy (non-hydrogen) atoms. The number of aromatic nitrogens is 2.